The van der Waals surface area contributed by atoms with Crippen molar-refractivity contribution in [2.45, 2.75) is 12.2 Å². The zero-order chi connectivity index (χ0) is 12.1. The predicted octanol–water partition coefficient (Wildman–Crippen LogP) is 0.0568. The van der Waals surface area contributed by atoms with Gasteiger partial charge in [-0.3, -0.25) is 0 Å². The second kappa shape index (κ2) is 5.69. The van der Waals surface area contributed by atoms with Gasteiger partial charge in [-0.25, -0.2) is 0 Å². The van der Waals surface area contributed by atoms with Crippen molar-refractivity contribution in [2.75, 3.05) is 20.8 Å². The molecule has 0 saturated heterocycles. The molecule has 1 aromatic rings. The van der Waals surface area contributed by atoms with Gasteiger partial charge >= 0.3 is 0 Å². The first-order valence-electron chi connectivity index (χ1n) is 4.92. The van der Waals surface area contributed by atoms with Crippen LogP contribution in [0.4, 0.5) is 0 Å². The lowest BCUT2D eigenvalue weighted by Crippen LogP contribution is -2.27. The van der Waals surface area contributed by atoms with E-state index >= 15 is 0 Å². The molecule has 90 valence electrons. The topological polar surface area (TPSA) is 84.9 Å². The van der Waals surface area contributed by atoms with Gasteiger partial charge in [0.1, 0.15) is 6.10 Å². The third kappa shape index (κ3) is 2.63. The zero-order valence-electron chi connectivity index (χ0n) is 9.38. The van der Waals surface area contributed by atoms with E-state index in [0.29, 0.717) is 17.1 Å². The van der Waals surface area contributed by atoms with Crippen LogP contribution < -0.4 is 15.2 Å². The van der Waals surface area contributed by atoms with Crippen LogP contribution in [0.1, 0.15) is 11.7 Å². The van der Waals surface area contributed by atoms with Crippen LogP contribution in [-0.2, 0) is 0 Å². The number of benzene rings is 1. The summed E-state index contributed by atoms with van der Waals surface area (Å²) in [4.78, 5) is 0. The lowest BCUT2D eigenvalue weighted by Gasteiger charge is -2.17. The summed E-state index contributed by atoms with van der Waals surface area (Å²) in [5.41, 5.74) is 5.81. The molecule has 2 unspecified atom stereocenters. The third-order valence-electron chi connectivity index (χ3n) is 2.36. The molecular weight excluding hydrogens is 210 g/mol. The highest BCUT2D eigenvalue weighted by atomic mass is 16.5. The molecule has 5 heteroatoms. The highest BCUT2D eigenvalue weighted by molar-refractivity contribution is 5.43. The third-order valence-corrected chi connectivity index (χ3v) is 2.36. The summed E-state index contributed by atoms with van der Waals surface area (Å²) in [5.74, 6) is 1.07. The Kier molecular flexibility index (Phi) is 4.54. The molecule has 4 N–H and O–H groups in total. The van der Waals surface area contributed by atoms with Crippen LogP contribution in [0.15, 0.2) is 18.2 Å². The second-order valence-electron chi connectivity index (χ2n) is 3.36. The Labute approximate surface area is 94.4 Å². The van der Waals surface area contributed by atoms with Gasteiger partial charge in [-0.05, 0) is 17.7 Å². The number of ether oxygens (including phenoxy) is 2. The van der Waals surface area contributed by atoms with Crippen LogP contribution in [0, 0.1) is 0 Å². The van der Waals surface area contributed by atoms with Gasteiger partial charge in [0.2, 0.25) is 0 Å². The summed E-state index contributed by atoms with van der Waals surface area (Å²) in [6.45, 7) is -0.00445. The van der Waals surface area contributed by atoms with Crippen LogP contribution in [0.5, 0.6) is 11.5 Å². The lowest BCUT2D eigenvalue weighted by atomic mass is 10.0. The number of methoxy groups -OCH3 is 2. The molecule has 1 rings (SSSR count). The van der Waals surface area contributed by atoms with Crippen LogP contribution in [0.25, 0.3) is 0 Å². The summed E-state index contributed by atoms with van der Waals surface area (Å²) >= 11 is 0. The minimum Gasteiger partial charge on any atom is -0.493 e. The van der Waals surface area contributed by atoms with Crippen molar-refractivity contribution in [2.24, 2.45) is 5.73 Å². The fraction of sp³-hybridized carbons (Fsp3) is 0.455. The summed E-state index contributed by atoms with van der Waals surface area (Å²) < 4.78 is 10.2. The van der Waals surface area contributed by atoms with Crippen LogP contribution in [0.2, 0.25) is 0 Å². The number of aliphatic hydroxyl groups is 2. The van der Waals surface area contributed by atoms with Gasteiger partial charge in [0.15, 0.2) is 11.5 Å². The van der Waals surface area contributed by atoms with Crippen LogP contribution in [-0.4, -0.2) is 37.1 Å². The van der Waals surface area contributed by atoms with Crippen molar-refractivity contribution in [1.82, 2.24) is 0 Å². The van der Waals surface area contributed by atoms with E-state index in [2.05, 4.69) is 0 Å². The normalized spacial score (nSPS) is 14.3. The van der Waals surface area contributed by atoms with Crippen LogP contribution >= 0.6 is 0 Å². The second-order valence-corrected chi connectivity index (χ2v) is 3.36. The summed E-state index contributed by atoms with van der Waals surface area (Å²) in [5, 5.41) is 19.2. The summed E-state index contributed by atoms with van der Waals surface area (Å²) in [7, 11) is 3.04. The Morgan fingerprint density at radius 2 is 1.81 bits per heavy atom. The molecule has 0 saturated carbocycles. The highest BCUT2D eigenvalue weighted by Crippen LogP contribution is 2.30. The van der Waals surface area contributed by atoms with Crippen molar-refractivity contribution in [3.63, 3.8) is 0 Å². The molecule has 0 fully saturated rings. The number of hydrogen-bond acceptors (Lipinski definition) is 5. The first-order valence-corrected chi connectivity index (χ1v) is 4.92. The molecule has 0 amide bonds. The summed E-state index contributed by atoms with van der Waals surface area (Å²) in [6.07, 6.45) is -2.01. The molecule has 0 aromatic heterocycles. The van der Waals surface area contributed by atoms with E-state index in [4.69, 9.17) is 15.2 Å². The molecule has 0 aliphatic rings. The van der Waals surface area contributed by atoms with Gasteiger partial charge in [0, 0.05) is 6.54 Å². The maximum atomic E-state index is 9.75. The SMILES string of the molecule is COc1ccc(C(O)C(O)CN)cc1OC. The first-order chi connectivity index (χ1) is 7.63. The van der Waals surface area contributed by atoms with Gasteiger partial charge in [-0.15, -0.1) is 0 Å². The van der Waals surface area contributed by atoms with E-state index in [0.717, 1.165) is 0 Å². The Hall–Kier alpha value is -1.30. The monoisotopic (exact) mass is 227 g/mol. The van der Waals surface area contributed by atoms with Crippen molar-refractivity contribution < 1.29 is 19.7 Å². The number of rotatable bonds is 5. The van der Waals surface area contributed by atoms with Gasteiger partial charge < -0.3 is 25.4 Å². The average molecular weight is 227 g/mol. The molecule has 1 aromatic carbocycles. The first kappa shape index (κ1) is 12.8. The van der Waals surface area contributed by atoms with Crippen molar-refractivity contribution in [3.8, 4) is 11.5 Å². The lowest BCUT2D eigenvalue weighted by molar-refractivity contribution is 0.0242. The van der Waals surface area contributed by atoms with E-state index in [1.54, 1.807) is 18.2 Å². The van der Waals surface area contributed by atoms with Crippen molar-refractivity contribution in [3.05, 3.63) is 23.8 Å². The van der Waals surface area contributed by atoms with Crippen molar-refractivity contribution >= 4 is 0 Å². The molecule has 0 spiro atoms. The molecule has 16 heavy (non-hydrogen) atoms. The highest BCUT2D eigenvalue weighted by Gasteiger charge is 2.18. The Bertz CT molecular complexity index is 343. The van der Waals surface area contributed by atoms with E-state index in [1.807, 2.05) is 0 Å². The maximum Gasteiger partial charge on any atom is 0.161 e. The molecular formula is C11H17NO4. The van der Waals surface area contributed by atoms with Crippen LogP contribution in [0.3, 0.4) is 0 Å². The smallest absolute Gasteiger partial charge is 0.161 e. The average Bonchev–Trinajstić information content (AvgIpc) is 2.35. The predicted molar refractivity (Wildman–Crippen MR) is 59.6 cm³/mol. The summed E-state index contributed by atoms with van der Waals surface area (Å²) in [6, 6.07) is 4.94. The molecule has 2 atom stereocenters. The molecule has 5 nitrogen and oxygen atoms in total. The van der Waals surface area contributed by atoms with Crippen molar-refractivity contribution in [1.29, 1.82) is 0 Å². The van der Waals surface area contributed by atoms with E-state index < -0.39 is 12.2 Å². The fourth-order valence-corrected chi connectivity index (χ4v) is 1.39. The molecule has 0 heterocycles. The minimum absolute atomic E-state index is 0.00445. The van der Waals surface area contributed by atoms with E-state index in [9.17, 15) is 10.2 Å². The number of hydrogen-bond donors (Lipinski definition) is 3. The Morgan fingerprint density at radius 3 is 2.31 bits per heavy atom. The maximum absolute atomic E-state index is 9.75. The van der Waals surface area contributed by atoms with Gasteiger partial charge in [-0.1, -0.05) is 6.07 Å². The zero-order valence-corrected chi connectivity index (χ0v) is 9.38. The largest absolute Gasteiger partial charge is 0.493 e. The Balaban J connectivity index is 2.98. The van der Waals surface area contributed by atoms with Gasteiger partial charge in [0.25, 0.3) is 0 Å². The molecule has 0 bridgehead atoms. The molecule has 0 aliphatic carbocycles. The molecule has 0 aliphatic heterocycles. The van der Waals surface area contributed by atoms with E-state index in [1.165, 1.54) is 14.2 Å². The fourth-order valence-electron chi connectivity index (χ4n) is 1.39. The Morgan fingerprint density at radius 1 is 1.19 bits per heavy atom. The standard InChI is InChI=1S/C11H17NO4/c1-15-9-4-3-7(5-10(9)16-2)11(14)8(13)6-12/h3-5,8,11,13-14H,6,12H2,1-2H3. The van der Waals surface area contributed by atoms with E-state index in [-0.39, 0.29) is 6.54 Å². The minimum atomic E-state index is -1.02. The number of aliphatic hydroxyl groups excluding tert-OH is 2. The van der Waals surface area contributed by atoms with Gasteiger partial charge in [-0.2, -0.15) is 0 Å². The number of nitrogens with two attached hydrogens (primary N) is 1. The quantitative estimate of drug-likeness (QED) is 0.662. The molecule has 0 radical (unpaired) electrons. The van der Waals surface area contributed by atoms with Gasteiger partial charge in [0.05, 0.1) is 20.3 Å².